The van der Waals surface area contributed by atoms with Gasteiger partial charge in [-0.3, -0.25) is 0 Å². The summed E-state index contributed by atoms with van der Waals surface area (Å²) in [5.41, 5.74) is 1.42. The van der Waals surface area contributed by atoms with Gasteiger partial charge in [-0.05, 0) is 34.5 Å². The van der Waals surface area contributed by atoms with E-state index >= 15 is 0 Å². The van der Waals surface area contributed by atoms with Crippen molar-refractivity contribution in [1.29, 1.82) is 0 Å². The van der Waals surface area contributed by atoms with Crippen molar-refractivity contribution in [3.8, 4) is 0 Å². The van der Waals surface area contributed by atoms with Crippen LogP contribution in [0.4, 0.5) is 0 Å². The minimum Gasteiger partial charge on any atom is -0.383 e. The zero-order valence-corrected chi connectivity index (χ0v) is 12.2. The predicted molar refractivity (Wildman–Crippen MR) is 75.0 cm³/mol. The van der Waals surface area contributed by atoms with Crippen LogP contribution >= 0.6 is 27.3 Å². The maximum atomic E-state index is 4.99. The first-order valence-electron chi connectivity index (χ1n) is 5.39. The Labute approximate surface area is 110 Å². The first kappa shape index (κ1) is 13.9. The predicted octanol–water partition coefficient (Wildman–Crippen LogP) is 3.54. The fraction of sp³-hybridized carbons (Fsp3) is 0.500. The summed E-state index contributed by atoms with van der Waals surface area (Å²) in [6.45, 7) is 4.80. The van der Waals surface area contributed by atoms with E-state index in [0.717, 1.165) is 30.6 Å². The Morgan fingerprint density at radius 1 is 1.62 bits per heavy atom. The van der Waals surface area contributed by atoms with Crippen LogP contribution in [0, 0.1) is 0 Å². The number of nitrogens with one attached hydrogen (secondary N) is 1. The molecule has 0 spiro atoms. The molecule has 1 N–H and O–H groups in total. The summed E-state index contributed by atoms with van der Waals surface area (Å²) >= 11 is 5.23. The van der Waals surface area contributed by atoms with Crippen LogP contribution in [-0.2, 0) is 4.74 Å². The molecule has 4 heteroatoms. The van der Waals surface area contributed by atoms with Crippen LogP contribution in [0.15, 0.2) is 21.5 Å². The molecule has 0 amide bonds. The number of methoxy groups -OCH3 is 1. The van der Waals surface area contributed by atoms with Crippen molar-refractivity contribution < 1.29 is 4.74 Å². The van der Waals surface area contributed by atoms with Gasteiger partial charge in [0.05, 0.1) is 6.61 Å². The molecule has 1 aromatic rings. The van der Waals surface area contributed by atoms with Gasteiger partial charge in [0.25, 0.3) is 0 Å². The Morgan fingerprint density at radius 2 is 2.44 bits per heavy atom. The minimum atomic E-state index is 0.765. The highest BCUT2D eigenvalue weighted by atomic mass is 79.9. The van der Waals surface area contributed by atoms with Crippen molar-refractivity contribution in [3.05, 3.63) is 26.4 Å². The summed E-state index contributed by atoms with van der Waals surface area (Å²) in [5.74, 6) is 0. The summed E-state index contributed by atoms with van der Waals surface area (Å²) in [6, 6.07) is 2.15. The van der Waals surface area contributed by atoms with Crippen molar-refractivity contribution >= 4 is 33.3 Å². The molecule has 0 atom stereocenters. The molecule has 1 heterocycles. The second kappa shape index (κ2) is 8.01. The lowest BCUT2D eigenvalue weighted by Gasteiger charge is -2.06. The molecule has 0 aromatic carbocycles. The smallest absolute Gasteiger partial charge is 0.0587 e. The van der Waals surface area contributed by atoms with Gasteiger partial charge in [-0.15, -0.1) is 11.3 Å². The largest absolute Gasteiger partial charge is 0.383 e. The van der Waals surface area contributed by atoms with Crippen LogP contribution in [-0.4, -0.2) is 26.8 Å². The standard InChI is InChI=1S/C12H18BrNOS/c1-3-10(8-14-4-5-15-2)6-12-7-11(13)9-16-12/h6-7,9,14H,3-5,8H2,1-2H3. The molecule has 1 aromatic heterocycles. The van der Waals surface area contributed by atoms with Gasteiger partial charge in [0.2, 0.25) is 0 Å². The summed E-state index contributed by atoms with van der Waals surface area (Å²) < 4.78 is 6.15. The van der Waals surface area contributed by atoms with Gasteiger partial charge in [0, 0.05) is 34.9 Å². The second-order valence-corrected chi connectivity index (χ2v) is 5.35. The molecule has 0 aliphatic carbocycles. The van der Waals surface area contributed by atoms with Crippen LogP contribution in [0.3, 0.4) is 0 Å². The van der Waals surface area contributed by atoms with Gasteiger partial charge in [-0.2, -0.15) is 0 Å². The Bertz CT molecular complexity index is 336. The number of hydrogen-bond donors (Lipinski definition) is 1. The lowest BCUT2D eigenvalue weighted by atomic mass is 10.2. The van der Waals surface area contributed by atoms with Gasteiger partial charge in [-0.25, -0.2) is 0 Å². The average molecular weight is 304 g/mol. The Morgan fingerprint density at radius 3 is 3.00 bits per heavy atom. The average Bonchev–Trinajstić information content (AvgIpc) is 2.68. The van der Waals surface area contributed by atoms with Crippen molar-refractivity contribution in [1.82, 2.24) is 5.32 Å². The fourth-order valence-electron chi connectivity index (χ4n) is 1.31. The highest BCUT2D eigenvalue weighted by molar-refractivity contribution is 9.10. The molecule has 2 nitrogen and oxygen atoms in total. The monoisotopic (exact) mass is 303 g/mol. The highest BCUT2D eigenvalue weighted by Gasteiger charge is 1.98. The molecule has 0 saturated carbocycles. The summed E-state index contributed by atoms with van der Waals surface area (Å²) in [4.78, 5) is 1.30. The van der Waals surface area contributed by atoms with E-state index in [1.54, 1.807) is 18.4 Å². The SMILES string of the molecule is CCC(=Cc1cc(Br)cs1)CNCCOC. The topological polar surface area (TPSA) is 21.3 Å². The van der Waals surface area contributed by atoms with E-state index in [0.29, 0.717) is 0 Å². The van der Waals surface area contributed by atoms with Crippen LogP contribution in [0.5, 0.6) is 0 Å². The first-order valence-corrected chi connectivity index (χ1v) is 7.06. The summed E-state index contributed by atoms with van der Waals surface area (Å²) in [5, 5.41) is 5.47. The molecular weight excluding hydrogens is 286 g/mol. The van der Waals surface area contributed by atoms with Crippen molar-refractivity contribution in [2.24, 2.45) is 0 Å². The molecule has 0 bridgehead atoms. The van der Waals surface area contributed by atoms with Gasteiger partial charge < -0.3 is 10.1 Å². The molecule has 0 aliphatic heterocycles. The van der Waals surface area contributed by atoms with Crippen molar-refractivity contribution in [3.63, 3.8) is 0 Å². The number of hydrogen-bond acceptors (Lipinski definition) is 3. The van der Waals surface area contributed by atoms with Crippen LogP contribution in [0.2, 0.25) is 0 Å². The van der Waals surface area contributed by atoms with E-state index in [2.05, 4.69) is 45.7 Å². The molecular formula is C12H18BrNOS. The van der Waals surface area contributed by atoms with Crippen LogP contribution in [0.1, 0.15) is 18.2 Å². The summed E-state index contributed by atoms with van der Waals surface area (Å²) in [7, 11) is 1.72. The van der Waals surface area contributed by atoms with Gasteiger partial charge in [-0.1, -0.05) is 12.5 Å². The molecule has 0 unspecified atom stereocenters. The third-order valence-corrected chi connectivity index (χ3v) is 3.86. The minimum absolute atomic E-state index is 0.765. The summed E-state index contributed by atoms with van der Waals surface area (Å²) in [6.07, 6.45) is 3.34. The fourth-order valence-corrected chi connectivity index (χ4v) is 2.73. The molecule has 1 rings (SSSR count). The van der Waals surface area contributed by atoms with E-state index in [4.69, 9.17) is 4.74 Å². The van der Waals surface area contributed by atoms with Gasteiger partial charge in [0.1, 0.15) is 0 Å². The van der Waals surface area contributed by atoms with E-state index < -0.39 is 0 Å². The Kier molecular flexibility index (Phi) is 6.96. The van der Waals surface area contributed by atoms with E-state index in [-0.39, 0.29) is 0 Å². The molecule has 90 valence electrons. The van der Waals surface area contributed by atoms with Gasteiger partial charge >= 0.3 is 0 Å². The Balaban J connectivity index is 2.43. The Hall–Kier alpha value is -0.160. The maximum Gasteiger partial charge on any atom is 0.0587 e. The molecule has 16 heavy (non-hydrogen) atoms. The van der Waals surface area contributed by atoms with E-state index in [1.165, 1.54) is 10.5 Å². The maximum absolute atomic E-state index is 4.99. The number of rotatable bonds is 7. The number of halogens is 1. The van der Waals surface area contributed by atoms with Crippen LogP contribution < -0.4 is 5.32 Å². The zero-order valence-electron chi connectivity index (χ0n) is 9.75. The molecule has 0 saturated heterocycles. The van der Waals surface area contributed by atoms with Crippen molar-refractivity contribution in [2.75, 3.05) is 26.8 Å². The number of ether oxygens (including phenoxy) is 1. The molecule has 0 aliphatic rings. The first-order chi connectivity index (χ1) is 7.76. The number of thiophene rings is 1. The van der Waals surface area contributed by atoms with E-state index in [1.807, 2.05) is 0 Å². The van der Waals surface area contributed by atoms with E-state index in [9.17, 15) is 0 Å². The molecule has 0 radical (unpaired) electrons. The quantitative estimate of drug-likeness (QED) is 0.778. The third-order valence-electron chi connectivity index (χ3n) is 2.22. The highest BCUT2D eigenvalue weighted by Crippen LogP contribution is 2.22. The zero-order chi connectivity index (χ0) is 11.8. The second-order valence-electron chi connectivity index (χ2n) is 3.49. The van der Waals surface area contributed by atoms with Gasteiger partial charge in [0.15, 0.2) is 0 Å². The lowest BCUT2D eigenvalue weighted by molar-refractivity contribution is 0.200. The lowest BCUT2D eigenvalue weighted by Crippen LogP contribution is -2.21. The van der Waals surface area contributed by atoms with Crippen molar-refractivity contribution in [2.45, 2.75) is 13.3 Å². The third kappa shape index (κ3) is 5.25. The molecule has 0 fully saturated rings. The van der Waals surface area contributed by atoms with Crippen LogP contribution in [0.25, 0.3) is 6.08 Å². The normalized spacial score (nSPS) is 12.1.